The van der Waals surface area contributed by atoms with Crippen LogP contribution in [0.15, 0.2) is 30.5 Å². The maximum atomic E-state index is 12.6. The van der Waals surface area contributed by atoms with E-state index in [4.69, 9.17) is 0 Å². The topological polar surface area (TPSA) is 83.4 Å². The third-order valence-electron chi connectivity index (χ3n) is 5.17. The molecule has 0 spiro atoms. The van der Waals surface area contributed by atoms with Gasteiger partial charge >= 0.3 is 6.03 Å². The van der Waals surface area contributed by atoms with Gasteiger partial charge in [0.25, 0.3) is 5.91 Å². The largest absolute Gasteiger partial charge is 0.350 e. The summed E-state index contributed by atoms with van der Waals surface area (Å²) in [7, 11) is 1.93. The third kappa shape index (κ3) is 2.56. The molecule has 1 saturated carbocycles. The molecule has 1 unspecified atom stereocenters. The van der Waals surface area contributed by atoms with Crippen LogP contribution in [0, 0.1) is 5.92 Å². The van der Waals surface area contributed by atoms with Crippen LogP contribution in [0.3, 0.4) is 0 Å². The van der Waals surface area contributed by atoms with E-state index in [9.17, 15) is 14.4 Å². The molecule has 1 atom stereocenters. The van der Waals surface area contributed by atoms with Crippen molar-refractivity contribution in [1.82, 2.24) is 14.8 Å². The first-order valence-corrected chi connectivity index (χ1v) is 8.37. The number of nitrogens with one attached hydrogen (secondary N) is 2. The van der Waals surface area contributed by atoms with Crippen LogP contribution in [-0.4, -0.2) is 39.4 Å². The fraction of sp³-hybridized carbons (Fsp3) is 0.389. The number of aromatic nitrogens is 1. The average Bonchev–Trinajstić information content (AvgIpc) is 3.33. The fourth-order valence-electron chi connectivity index (χ4n) is 3.48. The van der Waals surface area contributed by atoms with E-state index < -0.39 is 17.5 Å². The van der Waals surface area contributed by atoms with Crippen LogP contribution in [-0.2, 0) is 16.6 Å². The van der Waals surface area contributed by atoms with Gasteiger partial charge in [0.15, 0.2) is 0 Å². The van der Waals surface area contributed by atoms with Gasteiger partial charge in [-0.25, -0.2) is 4.79 Å². The average molecular weight is 340 g/mol. The number of hydrogen-bond acceptors (Lipinski definition) is 3. The summed E-state index contributed by atoms with van der Waals surface area (Å²) in [6.45, 7) is 1.46. The first-order valence-electron chi connectivity index (χ1n) is 8.37. The van der Waals surface area contributed by atoms with Gasteiger partial charge in [-0.3, -0.25) is 14.5 Å². The van der Waals surface area contributed by atoms with Crippen LogP contribution in [0.5, 0.6) is 0 Å². The van der Waals surface area contributed by atoms with E-state index in [1.54, 1.807) is 13.0 Å². The molecule has 1 aliphatic heterocycles. The molecule has 1 aromatic heterocycles. The molecule has 4 amide bonds. The lowest BCUT2D eigenvalue weighted by molar-refractivity contribution is -0.134. The molecule has 0 bridgehead atoms. The first kappa shape index (κ1) is 15.7. The molecule has 2 N–H and O–H groups in total. The van der Waals surface area contributed by atoms with Crippen molar-refractivity contribution in [2.24, 2.45) is 13.0 Å². The number of amides is 4. The van der Waals surface area contributed by atoms with Crippen molar-refractivity contribution >= 4 is 34.4 Å². The second kappa shape index (κ2) is 5.34. The zero-order chi connectivity index (χ0) is 17.8. The minimum absolute atomic E-state index is 0.178. The number of carbonyl (C=O) groups is 3. The smallest absolute Gasteiger partial charge is 0.325 e. The monoisotopic (exact) mass is 340 g/mol. The highest BCUT2D eigenvalue weighted by atomic mass is 16.2. The van der Waals surface area contributed by atoms with Gasteiger partial charge in [0.05, 0.1) is 0 Å². The van der Waals surface area contributed by atoms with Crippen LogP contribution in [0.2, 0.25) is 0 Å². The van der Waals surface area contributed by atoms with Crippen molar-refractivity contribution in [2.75, 3.05) is 11.9 Å². The zero-order valence-electron chi connectivity index (χ0n) is 14.2. The van der Waals surface area contributed by atoms with Crippen molar-refractivity contribution < 1.29 is 14.4 Å². The lowest BCUT2D eigenvalue weighted by atomic mass is 9.96. The van der Waals surface area contributed by atoms with E-state index >= 15 is 0 Å². The number of nitrogens with zero attached hydrogens (tertiary/aromatic N) is 2. The van der Waals surface area contributed by atoms with Crippen LogP contribution in [0.25, 0.3) is 10.9 Å². The predicted octanol–water partition coefficient (Wildman–Crippen LogP) is 1.84. The number of anilines is 1. The molecule has 2 aromatic rings. The molecule has 7 nitrogen and oxygen atoms in total. The van der Waals surface area contributed by atoms with E-state index in [-0.39, 0.29) is 18.4 Å². The minimum Gasteiger partial charge on any atom is -0.350 e. The summed E-state index contributed by atoms with van der Waals surface area (Å²) in [6.07, 6.45) is 3.81. The van der Waals surface area contributed by atoms with Gasteiger partial charge in [-0.2, -0.15) is 0 Å². The molecule has 2 aliphatic rings. The van der Waals surface area contributed by atoms with E-state index in [1.807, 2.05) is 36.0 Å². The molecule has 25 heavy (non-hydrogen) atoms. The first-order chi connectivity index (χ1) is 11.9. The summed E-state index contributed by atoms with van der Waals surface area (Å²) in [5, 5.41) is 6.59. The molecule has 2 fully saturated rings. The number of fused-ring (bicyclic) bond motifs is 1. The predicted molar refractivity (Wildman–Crippen MR) is 92.9 cm³/mol. The maximum Gasteiger partial charge on any atom is 0.325 e. The van der Waals surface area contributed by atoms with E-state index in [0.717, 1.165) is 28.6 Å². The highest BCUT2D eigenvalue weighted by Gasteiger charge is 2.56. The number of hydrogen-bond donors (Lipinski definition) is 2. The highest BCUT2D eigenvalue weighted by Crippen LogP contribution is 2.42. The Morgan fingerprint density at radius 2 is 2.08 bits per heavy atom. The van der Waals surface area contributed by atoms with Crippen LogP contribution >= 0.6 is 0 Å². The van der Waals surface area contributed by atoms with Gasteiger partial charge in [0.2, 0.25) is 5.91 Å². The Bertz CT molecular complexity index is 899. The van der Waals surface area contributed by atoms with Crippen LogP contribution in [0.4, 0.5) is 10.5 Å². The van der Waals surface area contributed by atoms with Crippen molar-refractivity contribution in [2.45, 2.75) is 25.3 Å². The number of rotatable bonds is 4. The van der Waals surface area contributed by atoms with E-state index in [0.29, 0.717) is 5.69 Å². The Morgan fingerprint density at radius 3 is 2.80 bits per heavy atom. The zero-order valence-corrected chi connectivity index (χ0v) is 14.2. The molecule has 4 rings (SSSR count). The minimum atomic E-state index is -0.862. The summed E-state index contributed by atoms with van der Waals surface area (Å²) in [6, 6.07) is 7.09. The molecule has 1 aliphatic carbocycles. The SMILES string of the molecule is Cn1ccc2ccc(NC(=O)CN3C(=O)NC(C)(C4CC4)C3=O)cc21. The Labute approximate surface area is 145 Å². The third-order valence-corrected chi connectivity index (χ3v) is 5.17. The lowest BCUT2D eigenvalue weighted by Gasteiger charge is -2.20. The molecular weight excluding hydrogens is 320 g/mol. The van der Waals surface area contributed by atoms with Gasteiger partial charge in [-0.05, 0) is 49.3 Å². The summed E-state index contributed by atoms with van der Waals surface area (Å²) >= 11 is 0. The number of urea groups is 1. The number of benzene rings is 1. The summed E-state index contributed by atoms with van der Waals surface area (Å²) in [5.74, 6) is -0.526. The molecule has 0 radical (unpaired) electrons. The number of aryl methyl sites for hydroxylation is 1. The number of imide groups is 1. The van der Waals surface area contributed by atoms with Gasteiger partial charge < -0.3 is 15.2 Å². The van der Waals surface area contributed by atoms with Crippen molar-refractivity contribution in [3.8, 4) is 0 Å². The Hall–Kier alpha value is -2.83. The standard InChI is InChI=1S/C18H20N4O3/c1-18(12-4-5-12)16(24)22(17(25)20-18)10-15(23)19-13-6-3-11-7-8-21(2)14(11)9-13/h3,6-9,12H,4-5,10H2,1-2H3,(H,19,23)(H,20,25). The molecule has 2 heterocycles. The van der Waals surface area contributed by atoms with E-state index in [2.05, 4.69) is 10.6 Å². The van der Waals surface area contributed by atoms with Gasteiger partial charge in [0, 0.05) is 24.4 Å². The normalized spacial score (nSPS) is 23.2. The molecule has 1 aromatic carbocycles. The summed E-state index contributed by atoms with van der Waals surface area (Å²) < 4.78 is 1.96. The maximum absolute atomic E-state index is 12.6. The van der Waals surface area contributed by atoms with Gasteiger partial charge in [0.1, 0.15) is 12.1 Å². The second-order valence-corrected chi connectivity index (χ2v) is 7.05. The summed E-state index contributed by atoms with van der Waals surface area (Å²) in [4.78, 5) is 38.0. The van der Waals surface area contributed by atoms with Gasteiger partial charge in [-0.15, -0.1) is 0 Å². The molecule has 130 valence electrons. The molecule has 1 saturated heterocycles. The van der Waals surface area contributed by atoms with Crippen molar-refractivity contribution in [1.29, 1.82) is 0 Å². The number of carbonyl (C=O) groups excluding carboxylic acids is 3. The Balaban J connectivity index is 1.47. The second-order valence-electron chi connectivity index (χ2n) is 7.05. The van der Waals surface area contributed by atoms with Gasteiger partial charge in [-0.1, -0.05) is 6.07 Å². The van der Waals surface area contributed by atoms with Crippen molar-refractivity contribution in [3.05, 3.63) is 30.5 Å². The Kier molecular flexibility index (Phi) is 3.35. The highest BCUT2D eigenvalue weighted by molar-refractivity contribution is 6.10. The molecular formula is C18H20N4O3. The summed E-state index contributed by atoms with van der Waals surface area (Å²) in [5.41, 5.74) is 0.768. The van der Waals surface area contributed by atoms with Crippen LogP contribution < -0.4 is 10.6 Å². The molecule has 7 heteroatoms. The van der Waals surface area contributed by atoms with Crippen molar-refractivity contribution in [3.63, 3.8) is 0 Å². The Morgan fingerprint density at radius 1 is 1.32 bits per heavy atom. The van der Waals surface area contributed by atoms with E-state index in [1.165, 1.54) is 0 Å². The quantitative estimate of drug-likeness (QED) is 0.833. The van der Waals surface area contributed by atoms with Crippen LogP contribution in [0.1, 0.15) is 19.8 Å². The fourth-order valence-corrected chi connectivity index (χ4v) is 3.48. The lowest BCUT2D eigenvalue weighted by Crippen LogP contribution is -2.46.